The van der Waals surface area contributed by atoms with Gasteiger partial charge in [0.15, 0.2) is 0 Å². The number of carbonyl (C=O) groups is 1. The molecule has 1 aromatic rings. The summed E-state index contributed by atoms with van der Waals surface area (Å²) >= 11 is 6.76. The molecular weight excluding hydrogens is 391 g/mol. The van der Waals surface area contributed by atoms with Crippen LogP contribution in [0, 0.1) is 5.82 Å². The molecule has 0 saturated carbocycles. The van der Waals surface area contributed by atoms with Gasteiger partial charge < -0.3 is 9.80 Å². The van der Waals surface area contributed by atoms with Gasteiger partial charge in [0, 0.05) is 36.0 Å². The smallest absolute Gasteiger partial charge is 0.255 e. The minimum Gasteiger partial charge on any atom is -0.337 e. The normalized spacial score (nSPS) is 17.1. The molecule has 1 heterocycles. The first-order valence-electron chi connectivity index (χ1n) is 6.64. The van der Waals surface area contributed by atoms with Crippen molar-refractivity contribution in [3.8, 4) is 0 Å². The molecule has 1 saturated heterocycles. The van der Waals surface area contributed by atoms with Gasteiger partial charge >= 0.3 is 0 Å². The molecule has 0 bridgehead atoms. The number of alkyl halides is 1. The van der Waals surface area contributed by atoms with Crippen LogP contribution in [-0.2, 0) is 0 Å². The maximum atomic E-state index is 13.3. The Hall–Kier alpha value is -0.460. The van der Waals surface area contributed by atoms with Gasteiger partial charge in [-0.2, -0.15) is 0 Å². The predicted octanol–water partition coefficient (Wildman–Crippen LogP) is 3.13. The van der Waals surface area contributed by atoms with Crippen molar-refractivity contribution in [1.29, 1.82) is 0 Å². The van der Waals surface area contributed by atoms with Gasteiger partial charge in [0.05, 0.1) is 5.56 Å². The number of benzene rings is 1. The number of carbonyl (C=O) groups excluding carboxylic acids is 1. The van der Waals surface area contributed by atoms with Crippen LogP contribution in [0.3, 0.4) is 0 Å². The second-order valence-electron chi connectivity index (χ2n) is 4.80. The van der Waals surface area contributed by atoms with E-state index in [1.807, 2.05) is 4.90 Å². The summed E-state index contributed by atoms with van der Waals surface area (Å²) in [7, 11) is 0. The molecule has 1 aliphatic rings. The lowest BCUT2D eigenvalue weighted by Gasteiger charge is -2.22. The molecule has 1 fully saturated rings. The van der Waals surface area contributed by atoms with E-state index in [0.29, 0.717) is 16.6 Å². The molecule has 0 atom stereocenters. The summed E-state index contributed by atoms with van der Waals surface area (Å²) in [5.74, 6) is -0.482. The highest BCUT2D eigenvalue weighted by Crippen LogP contribution is 2.20. The Balaban J connectivity index is 2.07. The Kier molecular flexibility index (Phi) is 5.99. The first-order valence-corrected chi connectivity index (χ1v) is 8.56. The molecule has 2 rings (SSSR count). The standard InChI is InChI=1S/C14H17Br2FN2O/c15-4-7-18-5-1-6-19(9-8-18)14(20)12-10-11(17)2-3-13(12)16/h2-3,10H,1,4-9H2. The van der Waals surface area contributed by atoms with Crippen LogP contribution in [0.2, 0.25) is 0 Å². The molecule has 0 aromatic heterocycles. The summed E-state index contributed by atoms with van der Waals surface area (Å²) in [5.41, 5.74) is 0.402. The molecule has 1 aliphatic heterocycles. The highest BCUT2D eigenvalue weighted by atomic mass is 79.9. The fourth-order valence-corrected chi connectivity index (χ4v) is 3.27. The van der Waals surface area contributed by atoms with Gasteiger partial charge in [-0.1, -0.05) is 15.9 Å². The maximum Gasteiger partial charge on any atom is 0.255 e. The largest absolute Gasteiger partial charge is 0.337 e. The van der Waals surface area contributed by atoms with Crippen molar-refractivity contribution in [3.63, 3.8) is 0 Å². The third kappa shape index (κ3) is 4.02. The first-order chi connectivity index (χ1) is 9.61. The van der Waals surface area contributed by atoms with E-state index in [0.717, 1.165) is 37.9 Å². The molecule has 0 N–H and O–H groups in total. The molecule has 6 heteroatoms. The molecule has 110 valence electrons. The van der Waals surface area contributed by atoms with E-state index < -0.39 is 0 Å². The summed E-state index contributed by atoms with van der Waals surface area (Å²) < 4.78 is 14.0. The third-order valence-electron chi connectivity index (χ3n) is 3.44. The summed E-state index contributed by atoms with van der Waals surface area (Å²) in [6, 6.07) is 4.23. The van der Waals surface area contributed by atoms with E-state index in [9.17, 15) is 9.18 Å². The minimum absolute atomic E-state index is 0.0999. The summed E-state index contributed by atoms with van der Waals surface area (Å²) in [6.07, 6.45) is 0.950. The molecule has 0 spiro atoms. The van der Waals surface area contributed by atoms with E-state index >= 15 is 0 Å². The van der Waals surface area contributed by atoms with Crippen molar-refractivity contribution >= 4 is 37.8 Å². The van der Waals surface area contributed by atoms with Crippen LogP contribution in [0.4, 0.5) is 4.39 Å². The lowest BCUT2D eigenvalue weighted by atomic mass is 10.2. The van der Waals surface area contributed by atoms with Gasteiger partial charge in [0.25, 0.3) is 5.91 Å². The lowest BCUT2D eigenvalue weighted by Crippen LogP contribution is -2.35. The lowest BCUT2D eigenvalue weighted by molar-refractivity contribution is 0.0760. The van der Waals surface area contributed by atoms with Gasteiger partial charge in [0.2, 0.25) is 0 Å². The van der Waals surface area contributed by atoms with Gasteiger partial charge in [-0.25, -0.2) is 4.39 Å². The zero-order valence-corrected chi connectivity index (χ0v) is 14.3. The van der Waals surface area contributed by atoms with E-state index in [1.54, 1.807) is 6.07 Å². The number of amides is 1. The third-order valence-corrected chi connectivity index (χ3v) is 4.48. The average Bonchev–Trinajstić information content (AvgIpc) is 2.67. The number of nitrogens with zero attached hydrogens (tertiary/aromatic N) is 2. The van der Waals surface area contributed by atoms with E-state index in [2.05, 4.69) is 36.8 Å². The first kappa shape index (κ1) is 15.9. The Morgan fingerprint density at radius 3 is 2.80 bits per heavy atom. The fraction of sp³-hybridized carbons (Fsp3) is 0.500. The highest BCUT2D eigenvalue weighted by molar-refractivity contribution is 9.10. The van der Waals surface area contributed by atoms with Crippen molar-refractivity contribution in [2.75, 3.05) is 38.1 Å². The van der Waals surface area contributed by atoms with Crippen LogP contribution in [-0.4, -0.2) is 53.8 Å². The van der Waals surface area contributed by atoms with Crippen molar-refractivity contribution in [2.24, 2.45) is 0 Å². The molecule has 0 aliphatic carbocycles. The molecular formula is C14H17Br2FN2O. The zero-order valence-electron chi connectivity index (χ0n) is 11.1. The highest BCUT2D eigenvalue weighted by Gasteiger charge is 2.21. The van der Waals surface area contributed by atoms with Crippen molar-refractivity contribution < 1.29 is 9.18 Å². The van der Waals surface area contributed by atoms with Crippen LogP contribution >= 0.6 is 31.9 Å². The number of halogens is 3. The summed E-state index contributed by atoms with van der Waals surface area (Å²) in [5, 5.41) is 0.941. The van der Waals surface area contributed by atoms with Crippen molar-refractivity contribution in [2.45, 2.75) is 6.42 Å². The van der Waals surface area contributed by atoms with Crippen LogP contribution in [0.5, 0.6) is 0 Å². The van der Waals surface area contributed by atoms with Crippen molar-refractivity contribution in [1.82, 2.24) is 9.80 Å². The van der Waals surface area contributed by atoms with Gasteiger partial charge in [0.1, 0.15) is 5.82 Å². The van der Waals surface area contributed by atoms with Crippen molar-refractivity contribution in [3.05, 3.63) is 34.1 Å². The number of hydrogen-bond acceptors (Lipinski definition) is 2. The van der Waals surface area contributed by atoms with Gasteiger partial charge in [-0.15, -0.1) is 0 Å². The Bertz CT molecular complexity index is 484. The Morgan fingerprint density at radius 1 is 1.25 bits per heavy atom. The Morgan fingerprint density at radius 2 is 2.05 bits per heavy atom. The molecule has 3 nitrogen and oxygen atoms in total. The van der Waals surface area contributed by atoms with Crippen LogP contribution in [0.25, 0.3) is 0 Å². The van der Waals surface area contributed by atoms with E-state index in [4.69, 9.17) is 0 Å². The molecule has 0 unspecified atom stereocenters. The quantitative estimate of drug-likeness (QED) is 0.718. The molecule has 1 aromatic carbocycles. The number of rotatable bonds is 3. The van der Waals surface area contributed by atoms with Crippen LogP contribution < -0.4 is 0 Å². The second kappa shape index (κ2) is 7.52. The maximum absolute atomic E-state index is 13.3. The molecule has 1 amide bonds. The van der Waals surface area contributed by atoms with Crippen LogP contribution in [0.1, 0.15) is 16.8 Å². The Labute approximate surface area is 135 Å². The summed E-state index contributed by atoms with van der Waals surface area (Å²) in [6.45, 7) is 4.27. The van der Waals surface area contributed by atoms with E-state index in [1.165, 1.54) is 12.1 Å². The molecule has 20 heavy (non-hydrogen) atoms. The van der Waals surface area contributed by atoms with Gasteiger partial charge in [-0.3, -0.25) is 4.79 Å². The summed E-state index contributed by atoms with van der Waals surface area (Å²) in [4.78, 5) is 16.6. The fourth-order valence-electron chi connectivity index (χ4n) is 2.35. The SMILES string of the molecule is O=C(c1cc(F)ccc1Br)N1CCCN(CCBr)CC1. The second-order valence-corrected chi connectivity index (χ2v) is 6.45. The minimum atomic E-state index is -0.382. The van der Waals surface area contributed by atoms with Gasteiger partial charge in [-0.05, 0) is 47.1 Å². The average molecular weight is 408 g/mol. The zero-order chi connectivity index (χ0) is 14.5. The topological polar surface area (TPSA) is 23.6 Å². The van der Waals surface area contributed by atoms with E-state index in [-0.39, 0.29) is 11.7 Å². The monoisotopic (exact) mass is 406 g/mol. The number of hydrogen-bond donors (Lipinski definition) is 0. The molecule has 0 radical (unpaired) electrons. The van der Waals surface area contributed by atoms with Crippen LogP contribution in [0.15, 0.2) is 22.7 Å². The predicted molar refractivity (Wildman–Crippen MR) is 84.9 cm³/mol.